The molecule has 2 heterocycles. The number of quaternary nitrogens is 1. The van der Waals surface area contributed by atoms with Crippen molar-refractivity contribution in [2.24, 2.45) is 11.8 Å². The van der Waals surface area contributed by atoms with Crippen molar-refractivity contribution < 1.29 is 4.90 Å². The maximum atomic E-state index is 6.43. The Kier molecular flexibility index (Phi) is 7.45. The molecular weight excluding hydrogens is 414 g/mol. The molecule has 0 aliphatic carbocycles. The summed E-state index contributed by atoms with van der Waals surface area (Å²) < 4.78 is 4.68. The molecular formula is C23H31ClN5S+. The highest BCUT2D eigenvalue weighted by Gasteiger charge is 2.20. The van der Waals surface area contributed by atoms with E-state index in [-0.39, 0.29) is 0 Å². The van der Waals surface area contributed by atoms with E-state index >= 15 is 0 Å². The summed E-state index contributed by atoms with van der Waals surface area (Å²) in [4.78, 5) is 5.63. The highest BCUT2D eigenvalue weighted by Crippen LogP contribution is 2.27. The molecule has 0 radical (unpaired) electrons. The molecule has 160 valence electrons. The number of benzene rings is 1. The molecule has 0 amide bonds. The lowest BCUT2D eigenvalue weighted by molar-refractivity contribution is -0.929. The summed E-state index contributed by atoms with van der Waals surface area (Å²) in [7, 11) is 0. The van der Waals surface area contributed by atoms with Crippen molar-refractivity contribution in [3.8, 4) is 17.1 Å². The van der Waals surface area contributed by atoms with Crippen LogP contribution in [0.5, 0.6) is 0 Å². The minimum Gasteiger partial charge on any atom is -0.316 e. The monoisotopic (exact) mass is 444 g/mol. The SMILES string of the molecule is Cc1c(Cl)cccc1-n1c(-c2ccncc2)nn(C[NH+](CC(C)C)CC(C)C)c1=S. The first kappa shape index (κ1) is 22.7. The van der Waals surface area contributed by atoms with Crippen LogP contribution in [0.15, 0.2) is 42.7 Å². The number of nitrogens with zero attached hydrogens (tertiary/aromatic N) is 4. The number of pyridine rings is 1. The molecule has 0 aliphatic heterocycles. The highest BCUT2D eigenvalue weighted by molar-refractivity contribution is 7.71. The smallest absolute Gasteiger partial charge is 0.207 e. The molecule has 3 rings (SSSR count). The van der Waals surface area contributed by atoms with Gasteiger partial charge in [0.05, 0.1) is 18.8 Å². The van der Waals surface area contributed by atoms with Gasteiger partial charge in [0, 0.05) is 34.8 Å². The third-order valence-electron chi connectivity index (χ3n) is 5.03. The van der Waals surface area contributed by atoms with Crippen LogP contribution in [0.25, 0.3) is 17.1 Å². The van der Waals surface area contributed by atoms with Gasteiger partial charge in [-0.3, -0.25) is 9.55 Å². The molecule has 30 heavy (non-hydrogen) atoms. The second-order valence-electron chi connectivity index (χ2n) is 8.67. The first-order chi connectivity index (χ1) is 14.3. The van der Waals surface area contributed by atoms with Crippen LogP contribution in [0.4, 0.5) is 0 Å². The molecule has 3 aromatic rings. The van der Waals surface area contributed by atoms with Gasteiger partial charge in [-0.1, -0.05) is 45.4 Å². The van der Waals surface area contributed by atoms with Gasteiger partial charge in [0.25, 0.3) is 0 Å². The molecule has 0 aliphatic rings. The second kappa shape index (κ2) is 9.86. The van der Waals surface area contributed by atoms with Crippen molar-refractivity contribution in [2.45, 2.75) is 41.3 Å². The Hall–Kier alpha value is -2.02. The predicted molar refractivity (Wildman–Crippen MR) is 126 cm³/mol. The Morgan fingerprint density at radius 1 is 1.03 bits per heavy atom. The lowest BCUT2D eigenvalue weighted by Crippen LogP contribution is -3.12. The van der Waals surface area contributed by atoms with Gasteiger partial charge in [0.1, 0.15) is 0 Å². The Bertz CT molecular complexity index is 1030. The Morgan fingerprint density at radius 3 is 2.27 bits per heavy atom. The summed E-state index contributed by atoms with van der Waals surface area (Å²) >= 11 is 12.4. The van der Waals surface area contributed by atoms with E-state index < -0.39 is 0 Å². The molecule has 0 saturated carbocycles. The van der Waals surface area contributed by atoms with Gasteiger partial charge in [0.2, 0.25) is 4.77 Å². The average Bonchev–Trinajstić information content (AvgIpc) is 3.00. The molecule has 0 unspecified atom stereocenters. The maximum Gasteiger partial charge on any atom is 0.207 e. The van der Waals surface area contributed by atoms with Gasteiger partial charge in [-0.25, -0.2) is 0 Å². The number of aromatic nitrogens is 4. The van der Waals surface area contributed by atoms with Crippen LogP contribution in [0, 0.1) is 23.5 Å². The predicted octanol–water partition coefficient (Wildman–Crippen LogP) is 4.58. The quantitative estimate of drug-likeness (QED) is 0.517. The van der Waals surface area contributed by atoms with E-state index in [1.54, 1.807) is 12.4 Å². The zero-order chi connectivity index (χ0) is 21.8. The number of hydrogen-bond donors (Lipinski definition) is 1. The summed E-state index contributed by atoms with van der Waals surface area (Å²) in [6, 6.07) is 9.82. The van der Waals surface area contributed by atoms with Crippen LogP contribution in [0.1, 0.15) is 33.3 Å². The molecule has 7 heteroatoms. The van der Waals surface area contributed by atoms with E-state index in [0.29, 0.717) is 16.6 Å². The first-order valence-electron chi connectivity index (χ1n) is 10.5. The molecule has 0 saturated heterocycles. The van der Waals surface area contributed by atoms with Gasteiger partial charge in [-0.2, -0.15) is 4.68 Å². The zero-order valence-electron chi connectivity index (χ0n) is 18.4. The van der Waals surface area contributed by atoms with Crippen molar-refractivity contribution in [3.05, 3.63) is 58.1 Å². The average molecular weight is 445 g/mol. The van der Waals surface area contributed by atoms with E-state index in [0.717, 1.165) is 47.4 Å². The second-order valence-corrected chi connectivity index (χ2v) is 9.44. The lowest BCUT2D eigenvalue weighted by atomic mass is 10.1. The third kappa shape index (κ3) is 5.17. The fourth-order valence-corrected chi connectivity index (χ4v) is 4.29. The first-order valence-corrected chi connectivity index (χ1v) is 11.3. The molecule has 1 aromatic carbocycles. The summed E-state index contributed by atoms with van der Waals surface area (Å²) in [5, 5.41) is 5.68. The topological polar surface area (TPSA) is 40.1 Å². The number of nitrogens with one attached hydrogen (secondary N) is 1. The van der Waals surface area contributed by atoms with Crippen molar-refractivity contribution in [1.82, 2.24) is 19.3 Å². The lowest BCUT2D eigenvalue weighted by Gasteiger charge is -2.22. The van der Waals surface area contributed by atoms with Crippen LogP contribution >= 0.6 is 23.8 Å². The largest absolute Gasteiger partial charge is 0.316 e. The summed E-state index contributed by atoms with van der Waals surface area (Å²) in [5.41, 5.74) is 2.92. The van der Waals surface area contributed by atoms with Gasteiger partial charge < -0.3 is 4.90 Å². The van der Waals surface area contributed by atoms with Crippen LogP contribution in [-0.4, -0.2) is 32.4 Å². The summed E-state index contributed by atoms with van der Waals surface area (Å²) in [6.07, 6.45) is 3.56. The zero-order valence-corrected chi connectivity index (χ0v) is 20.0. The maximum absolute atomic E-state index is 6.43. The number of halogens is 1. The fourth-order valence-electron chi connectivity index (χ4n) is 3.83. The van der Waals surface area contributed by atoms with Gasteiger partial charge >= 0.3 is 0 Å². The highest BCUT2D eigenvalue weighted by atomic mass is 35.5. The summed E-state index contributed by atoms with van der Waals surface area (Å²) in [6.45, 7) is 13.9. The number of hydrogen-bond acceptors (Lipinski definition) is 3. The third-order valence-corrected chi connectivity index (χ3v) is 5.83. The fraction of sp³-hybridized carbons (Fsp3) is 0.435. The van der Waals surface area contributed by atoms with Crippen LogP contribution in [0.3, 0.4) is 0 Å². The molecule has 1 N–H and O–H groups in total. The van der Waals surface area contributed by atoms with Gasteiger partial charge in [-0.05, 0) is 49.0 Å². The van der Waals surface area contributed by atoms with E-state index in [1.165, 1.54) is 4.90 Å². The minimum absolute atomic E-state index is 0.602. The molecule has 2 aromatic heterocycles. The van der Waals surface area contributed by atoms with Gasteiger partial charge in [0.15, 0.2) is 12.5 Å². The molecule has 0 fully saturated rings. The molecule has 0 spiro atoms. The Balaban J connectivity index is 2.13. The molecule has 5 nitrogen and oxygen atoms in total. The van der Waals surface area contributed by atoms with Crippen LogP contribution in [0.2, 0.25) is 5.02 Å². The van der Waals surface area contributed by atoms with Gasteiger partial charge in [-0.15, -0.1) is 5.10 Å². The van der Waals surface area contributed by atoms with E-state index in [9.17, 15) is 0 Å². The van der Waals surface area contributed by atoms with Crippen molar-refractivity contribution in [2.75, 3.05) is 13.1 Å². The molecule has 0 bridgehead atoms. The molecule has 0 atom stereocenters. The normalized spacial score (nSPS) is 11.8. The van der Waals surface area contributed by atoms with E-state index in [2.05, 4.69) is 32.7 Å². The standard InChI is InChI=1S/C23H30ClN5S/c1-16(2)13-27(14-17(3)4)15-28-23(30)29(21-8-6-7-20(24)18(21)5)22(26-28)19-9-11-25-12-10-19/h6-12,16-17H,13-15H2,1-5H3/p+1. The summed E-state index contributed by atoms with van der Waals surface area (Å²) in [5.74, 6) is 2.01. The van der Waals surface area contributed by atoms with Crippen molar-refractivity contribution in [1.29, 1.82) is 0 Å². The van der Waals surface area contributed by atoms with Crippen LogP contribution < -0.4 is 4.90 Å². The number of rotatable bonds is 8. The van der Waals surface area contributed by atoms with E-state index in [1.807, 2.05) is 46.5 Å². The Morgan fingerprint density at radius 2 is 1.67 bits per heavy atom. The van der Waals surface area contributed by atoms with E-state index in [4.69, 9.17) is 28.9 Å². The Labute approximate surface area is 189 Å². The van der Waals surface area contributed by atoms with Crippen LogP contribution in [-0.2, 0) is 6.67 Å². The van der Waals surface area contributed by atoms with Crippen molar-refractivity contribution >= 4 is 23.8 Å². The van der Waals surface area contributed by atoms with Crippen molar-refractivity contribution in [3.63, 3.8) is 0 Å². The minimum atomic E-state index is 0.602.